The van der Waals surface area contributed by atoms with Crippen LogP contribution in [-0.4, -0.2) is 38.7 Å². The fraction of sp³-hybridized carbons (Fsp3) is 0.692. The monoisotopic (exact) mass is 268 g/mol. The number of aliphatic hydroxyl groups is 2. The van der Waals surface area contributed by atoms with Gasteiger partial charge in [-0.25, -0.2) is 4.98 Å². The highest BCUT2D eigenvalue weighted by Crippen LogP contribution is 2.23. The number of imidazole rings is 1. The van der Waals surface area contributed by atoms with Crippen molar-refractivity contribution in [2.75, 3.05) is 6.54 Å². The number of aliphatic imine (C=N–C) groups is 1. The van der Waals surface area contributed by atoms with E-state index < -0.39 is 12.2 Å². The lowest BCUT2D eigenvalue weighted by molar-refractivity contribution is -0.0186. The summed E-state index contributed by atoms with van der Waals surface area (Å²) in [5.74, 6) is 0.615. The Morgan fingerprint density at radius 3 is 2.79 bits per heavy atom. The molecule has 1 heterocycles. The van der Waals surface area contributed by atoms with Crippen molar-refractivity contribution in [2.24, 2.45) is 16.6 Å². The van der Waals surface area contributed by atoms with Crippen molar-refractivity contribution < 1.29 is 10.2 Å². The van der Waals surface area contributed by atoms with Gasteiger partial charge in [0, 0.05) is 6.54 Å². The van der Waals surface area contributed by atoms with Gasteiger partial charge in [0.2, 0.25) is 0 Å². The number of aromatic nitrogens is 2. The molecule has 0 amide bonds. The van der Waals surface area contributed by atoms with Crippen molar-refractivity contribution >= 4 is 5.84 Å². The summed E-state index contributed by atoms with van der Waals surface area (Å²) < 4.78 is 0. The van der Waals surface area contributed by atoms with Crippen molar-refractivity contribution in [1.82, 2.24) is 9.97 Å². The fourth-order valence-corrected chi connectivity index (χ4v) is 1.93. The van der Waals surface area contributed by atoms with E-state index in [-0.39, 0.29) is 5.92 Å². The van der Waals surface area contributed by atoms with Crippen LogP contribution in [0.2, 0.25) is 0 Å². The van der Waals surface area contributed by atoms with E-state index in [1.165, 1.54) is 12.5 Å². The molecule has 0 aliphatic heterocycles. The number of amidine groups is 1. The molecule has 0 aliphatic carbocycles. The van der Waals surface area contributed by atoms with Gasteiger partial charge in [0.1, 0.15) is 6.10 Å². The molecular weight excluding hydrogens is 244 g/mol. The topological polar surface area (TPSA) is 108 Å². The minimum atomic E-state index is -0.915. The van der Waals surface area contributed by atoms with Crippen LogP contribution >= 0.6 is 0 Å². The summed E-state index contributed by atoms with van der Waals surface area (Å²) in [7, 11) is 0. The number of nitrogens with one attached hydrogen (secondary N) is 1. The van der Waals surface area contributed by atoms with E-state index in [2.05, 4.69) is 15.0 Å². The van der Waals surface area contributed by atoms with Crippen LogP contribution in [0.1, 0.15) is 44.9 Å². The third-order valence-electron chi connectivity index (χ3n) is 3.17. The molecule has 0 spiro atoms. The van der Waals surface area contributed by atoms with Gasteiger partial charge >= 0.3 is 0 Å². The molecule has 0 aromatic carbocycles. The van der Waals surface area contributed by atoms with Gasteiger partial charge in [-0.05, 0) is 25.7 Å². The molecule has 108 valence electrons. The summed E-state index contributed by atoms with van der Waals surface area (Å²) in [4.78, 5) is 10.8. The Morgan fingerprint density at radius 2 is 2.21 bits per heavy atom. The zero-order valence-electron chi connectivity index (χ0n) is 11.6. The summed E-state index contributed by atoms with van der Waals surface area (Å²) in [6, 6.07) is 0. The van der Waals surface area contributed by atoms with E-state index in [4.69, 9.17) is 5.73 Å². The first-order chi connectivity index (χ1) is 9.02. The van der Waals surface area contributed by atoms with Gasteiger partial charge in [-0.3, -0.25) is 4.99 Å². The van der Waals surface area contributed by atoms with Gasteiger partial charge in [-0.15, -0.1) is 0 Å². The van der Waals surface area contributed by atoms with Crippen molar-refractivity contribution in [3.8, 4) is 0 Å². The molecule has 3 atom stereocenters. The molecule has 0 fully saturated rings. The van der Waals surface area contributed by atoms with Crippen LogP contribution in [0.4, 0.5) is 0 Å². The average molecular weight is 268 g/mol. The molecule has 1 rings (SSSR count). The summed E-state index contributed by atoms with van der Waals surface area (Å²) in [6.07, 6.45) is 4.03. The maximum absolute atomic E-state index is 10.1. The normalized spacial score (nSPS) is 17.2. The molecule has 0 bridgehead atoms. The Morgan fingerprint density at radius 1 is 1.47 bits per heavy atom. The molecule has 5 N–H and O–H groups in total. The van der Waals surface area contributed by atoms with Gasteiger partial charge < -0.3 is 20.9 Å². The molecular formula is C13H24N4O2. The van der Waals surface area contributed by atoms with Crippen LogP contribution in [0.25, 0.3) is 0 Å². The van der Waals surface area contributed by atoms with Crippen LogP contribution in [0.5, 0.6) is 0 Å². The Balaban J connectivity index is 2.28. The van der Waals surface area contributed by atoms with E-state index >= 15 is 0 Å². The molecule has 1 aromatic heterocycles. The number of nitrogens with zero attached hydrogens (tertiary/aromatic N) is 2. The molecule has 2 unspecified atom stereocenters. The van der Waals surface area contributed by atoms with Crippen LogP contribution in [0, 0.1) is 5.92 Å². The van der Waals surface area contributed by atoms with Crippen molar-refractivity contribution in [2.45, 2.75) is 45.3 Å². The van der Waals surface area contributed by atoms with Gasteiger partial charge in [-0.1, -0.05) is 13.3 Å². The zero-order valence-corrected chi connectivity index (χ0v) is 11.6. The number of hydrogen-bond donors (Lipinski definition) is 4. The molecule has 6 nitrogen and oxygen atoms in total. The Hall–Kier alpha value is -1.40. The Kier molecular flexibility index (Phi) is 6.52. The molecule has 19 heavy (non-hydrogen) atoms. The maximum atomic E-state index is 10.1. The van der Waals surface area contributed by atoms with E-state index in [1.807, 2.05) is 6.92 Å². The predicted molar refractivity (Wildman–Crippen MR) is 74.7 cm³/mol. The highest BCUT2D eigenvalue weighted by Gasteiger charge is 2.24. The summed E-state index contributed by atoms with van der Waals surface area (Å²) in [5.41, 5.74) is 5.99. The maximum Gasteiger partial charge on any atom is 0.121 e. The first-order valence-corrected chi connectivity index (χ1v) is 6.63. The molecule has 0 saturated carbocycles. The predicted octanol–water partition coefficient (Wildman–Crippen LogP) is 0.987. The van der Waals surface area contributed by atoms with Crippen molar-refractivity contribution in [3.05, 3.63) is 18.2 Å². The standard InChI is InChI=1S/C13H24N4O2/c1-9(5-3-4-6-16-10(2)14)12(18)13(19)11-7-15-8-17-11/h7-9,12-13,18-19H,3-6H2,1-2H3,(H2,14,16)(H,15,17)/t9-,12?,13?/m0/s1. The Labute approximate surface area is 113 Å². The number of unbranched alkanes of at least 4 members (excludes halogenated alkanes) is 1. The second-order valence-electron chi connectivity index (χ2n) is 4.94. The third-order valence-corrected chi connectivity index (χ3v) is 3.17. The SMILES string of the molecule is CC(N)=NCCCC[C@H](C)C(O)C(O)c1cnc[nH]1. The van der Waals surface area contributed by atoms with Crippen molar-refractivity contribution in [3.63, 3.8) is 0 Å². The van der Waals surface area contributed by atoms with Gasteiger partial charge in [0.25, 0.3) is 0 Å². The zero-order chi connectivity index (χ0) is 14.3. The lowest BCUT2D eigenvalue weighted by Gasteiger charge is -2.23. The van der Waals surface area contributed by atoms with Crippen LogP contribution in [-0.2, 0) is 0 Å². The lowest BCUT2D eigenvalue weighted by Crippen LogP contribution is -2.26. The number of aliphatic hydroxyl groups excluding tert-OH is 2. The number of aromatic amines is 1. The van der Waals surface area contributed by atoms with E-state index in [0.29, 0.717) is 18.1 Å². The summed E-state index contributed by atoms with van der Waals surface area (Å²) in [5, 5.41) is 20.0. The van der Waals surface area contributed by atoms with Gasteiger partial charge in [-0.2, -0.15) is 0 Å². The van der Waals surface area contributed by atoms with Crippen molar-refractivity contribution in [1.29, 1.82) is 0 Å². The third kappa shape index (κ3) is 5.40. The van der Waals surface area contributed by atoms with Gasteiger partial charge in [0.05, 0.1) is 30.2 Å². The lowest BCUT2D eigenvalue weighted by atomic mass is 9.93. The van der Waals surface area contributed by atoms with E-state index in [0.717, 1.165) is 19.3 Å². The molecule has 6 heteroatoms. The second-order valence-corrected chi connectivity index (χ2v) is 4.94. The van der Waals surface area contributed by atoms with Crippen LogP contribution in [0.15, 0.2) is 17.5 Å². The first kappa shape index (κ1) is 15.7. The summed E-state index contributed by atoms with van der Waals surface area (Å²) >= 11 is 0. The average Bonchev–Trinajstić information content (AvgIpc) is 2.89. The largest absolute Gasteiger partial charge is 0.390 e. The number of H-pyrrole nitrogens is 1. The minimum Gasteiger partial charge on any atom is -0.390 e. The number of rotatable bonds is 8. The smallest absolute Gasteiger partial charge is 0.121 e. The Bertz CT molecular complexity index is 374. The summed E-state index contributed by atoms with van der Waals surface area (Å²) in [6.45, 7) is 4.42. The van der Waals surface area contributed by atoms with Gasteiger partial charge in [0.15, 0.2) is 0 Å². The van der Waals surface area contributed by atoms with E-state index in [9.17, 15) is 10.2 Å². The van der Waals surface area contributed by atoms with Crippen LogP contribution < -0.4 is 5.73 Å². The first-order valence-electron chi connectivity index (χ1n) is 6.63. The molecule has 0 saturated heterocycles. The number of nitrogens with two attached hydrogens (primary N) is 1. The molecule has 1 aromatic rings. The second kappa shape index (κ2) is 7.91. The van der Waals surface area contributed by atoms with E-state index in [1.54, 1.807) is 6.92 Å². The minimum absolute atomic E-state index is 0.0150. The number of hydrogen-bond acceptors (Lipinski definition) is 4. The molecule has 0 aliphatic rings. The quantitative estimate of drug-likeness (QED) is 0.320. The highest BCUT2D eigenvalue weighted by atomic mass is 16.3. The molecule has 0 radical (unpaired) electrons. The van der Waals surface area contributed by atoms with Crippen LogP contribution in [0.3, 0.4) is 0 Å². The highest BCUT2D eigenvalue weighted by molar-refractivity contribution is 5.77. The fourth-order valence-electron chi connectivity index (χ4n) is 1.93.